The van der Waals surface area contributed by atoms with Crippen LogP contribution in [0.3, 0.4) is 0 Å². The average Bonchev–Trinajstić information content (AvgIpc) is 3.07. The smallest absolute Gasteiger partial charge is 0.234 e. The molecule has 0 saturated heterocycles. The number of carbonyl (C=O) groups is 1. The number of hydrogen-bond acceptors (Lipinski definition) is 4. The molecule has 1 amide bonds. The van der Waals surface area contributed by atoms with E-state index in [1.54, 1.807) is 12.1 Å². The molecule has 5 nitrogen and oxygen atoms in total. The topological polar surface area (TPSA) is 59.8 Å². The van der Waals surface area contributed by atoms with E-state index in [-0.39, 0.29) is 11.7 Å². The van der Waals surface area contributed by atoms with Crippen molar-refractivity contribution < 1.29 is 4.79 Å². The van der Waals surface area contributed by atoms with Crippen LogP contribution >= 0.6 is 23.4 Å². The summed E-state index contributed by atoms with van der Waals surface area (Å²) in [5.41, 5.74) is 3.72. The van der Waals surface area contributed by atoms with Gasteiger partial charge >= 0.3 is 0 Å². The van der Waals surface area contributed by atoms with Gasteiger partial charge in [0.05, 0.1) is 5.75 Å². The lowest BCUT2D eigenvalue weighted by molar-refractivity contribution is -0.113. The largest absolute Gasteiger partial charge is 0.325 e. The number of anilines is 1. The number of allylic oxidation sites excluding steroid dienone is 1. The van der Waals surface area contributed by atoms with Crippen LogP contribution in [0.5, 0.6) is 0 Å². The van der Waals surface area contributed by atoms with Gasteiger partial charge in [-0.3, -0.25) is 9.36 Å². The van der Waals surface area contributed by atoms with Crippen molar-refractivity contribution in [3.05, 3.63) is 71.3 Å². The minimum absolute atomic E-state index is 0.125. The summed E-state index contributed by atoms with van der Waals surface area (Å²) >= 11 is 7.45. The summed E-state index contributed by atoms with van der Waals surface area (Å²) in [5.74, 6) is 0.851. The summed E-state index contributed by atoms with van der Waals surface area (Å²) < 4.78 is 1.96. The molecular formula is C21H21ClN4OS. The summed E-state index contributed by atoms with van der Waals surface area (Å²) in [4.78, 5) is 12.4. The second-order valence-corrected chi connectivity index (χ2v) is 7.67. The van der Waals surface area contributed by atoms with E-state index in [9.17, 15) is 4.79 Å². The van der Waals surface area contributed by atoms with Crippen molar-refractivity contribution in [3.8, 4) is 11.4 Å². The lowest BCUT2D eigenvalue weighted by atomic mass is 10.1. The zero-order valence-electron chi connectivity index (χ0n) is 15.8. The highest BCUT2D eigenvalue weighted by molar-refractivity contribution is 7.99. The van der Waals surface area contributed by atoms with Crippen molar-refractivity contribution in [1.29, 1.82) is 0 Å². The Kier molecular flexibility index (Phi) is 6.54. The zero-order chi connectivity index (χ0) is 20.1. The predicted molar refractivity (Wildman–Crippen MR) is 116 cm³/mol. The van der Waals surface area contributed by atoms with Crippen molar-refractivity contribution in [3.63, 3.8) is 0 Å². The van der Waals surface area contributed by atoms with Crippen LogP contribution in [-0.4, -0.2) is 26.4 Å². The van der Waals surface area contributed by atoms with Gasteiger partial charge < -0.3 is 5.32 Å². The van der Waals surface area contributed by atoms with Crippen LogP contribution in [-0.2, 0) is 11.3 Å². The molecule has 1 N–H and O–H groups in total. The van der Waals surface area contributed by atoms with E-state index in [1.807, 2.05) is 54.8 Å². The maximum Gasteiger partial charge on any atom is 0.234 e. The molecule has 0 unspecified atom stereocenters. The van der Waals surface area contributed by atoms with Crippen LogP contribution in [0.4, 0.5) is 5.69 Å². The Bertz CT molecular complexity index is 998. The first-order chi connectivity index (χ1) is 13.5. The molecule has 0 saturated carbocycles. The Morgan fingerprint density at radius 1 is 1.21 bits per heavy atom. The van der Waals surface area contributed by atoms with E-state index in [0.29, 0.717) is 22.4 Å². The molecule has 0 bridgehead atoms. The minimum atomic E-state index is -0.125. The predicted octanol–water partition coefficient (Wildman–Crippen LogP) is 5.13. The second-order valence-electron chi connectivity index (χ2n) is 6.32. The van der Waals surface area contributed by atoms with E-state index < -0.39 is 0 Å². The zero-order valence-corrected chi connectivity index (χ0v) is 17.3. The third kappa shape index (κ3) is 4.64. The monoisotopic (exact) mass is 412 g/mol. The number of aromatic nitrogens is 3. The van der Waals surface area contributed by atoms with E-state index in [2.05, 4.69) is 22.1 Å². The summed E-state index contributed by atoms with van der Waals surface area (Å²) in [5, 5.41) is 12.8. The number of benzene rings is 2. The SMILES string of the molecule is C=CCn1c(SCC(=O)Nc2cccc(Cl)c2C)nnc1-c1ccc(C)cc1. The normalized spacial score (nSPS) is 10.7. The van der Waals surface area contributed by atoms with Crippen LogP contribution < -0.4 is 5.32 Å². The molecular weight excluding hydrogens is 392 g/mol. The van der Waals surface area contributed by atoms with Crippen molar-refractivity contribution in [2.45, 2.75) is 25.5 Å². The molecule has 0 radical (unpaired) electrons. The van der Waals surface area contributed by atoms with Crippen LogP contribution in [0.15, 0.2) is 60.3 Å². The summed E-state index contributed by atoms with van der Waals surface area (Å²) in [6, 6.07) is 13.5. The Morgan fingerprint density at radius 2 is 1.96 bits per heavy atom. The van der Waals surface area contributed by atoms with Gasteiger partial charge in [0, 0.05) is 22.8 Å². The van der Waals surface area contributed by atoms with Gasteiger partial charge in [-0.05, 0) is 31.5 Å². The first kappa shape index (κ1) is 20.2. The highest BCUT2D eigenvalue weighted by Gasteiger charge is 2.15. The molecule has 1 heterocycles. The molecule has 3 aromatic rings. The summed E-state index contributed by atoms with van der Waals surface area (Å²) in [6.45, 7) is 8.30. The van der Waals surface area contributed by atoms with Gasteiger partial charge in [0.1, 0.15) is 0 Å². The highest BCUT2D eigenvalue weighted by atomic mass is 35.5. The molecule has 7 heteroatoms. The van der Waals surface area contributed by atoms with Crippen molar-refractivity contribution >= 4 is 35.0 Å². The third-order valence-electron chi connectivity index (χ3n) is 4.21. The third-order valence-corrected chi connectivity index (χ3v) is 5.59. The Labute approximate surface area is 173 Å². The van der Waals surface area contributed by atoms with Crippen molar-refractivity contribution in [1.82, 2.24) is 14.8 Å². The number of thioether (sulfide) groups is 1. The van der Waals surface area contributed by atoms with E-state index in [4.69, 9.17) is 11.6 Å². The van der Waals surface area contributed by atoms with Crippen LogP contribution in [0, 0.1) is 13.8 Å². The molecule has 2 aromatic carbocycles. The van der Waals surface area contributed by atoms with E-state index in [0.717, 1.165) is 17.0 Å². The molecule has 0 fully saturated rings. The number of hydrogen-bond donors (Lipinski definition) is 1. The van der Waals surface area contributed by atoms with Crippen LogP contribution in [0.1, 0.15) is 11.1 Å². The molecule has 28 heavy (non-hydrogen) atoms. The first-order valence-electron chi connectivity index (χ1n) is 8.78. The van der Waals surface area contributed by atoms with Gasteiger partial charge in [-0.2, -0.15) is 0 Å². The molecule has 0 aliphatic carbocycles. The summed E-state index contributed by atoms with van der Waals surface area (Å²) in [7, 11) is 0. The standard InChI is InChI=1S/C21H21ClN4OS/c1-4-12-26-20(16-10-8-14(2)9-11-16)24-25-21(26)28-13-19(27)23-18-7-5-6-17(22)15(18)3/h4-11H,1,12-13H2,2-3H3,(H,23,27). The van der Waals surface area contributed by atoms with Crippen molar-refractivity contribution in [2.75, 3.05) is 11.1 Å². The molecule has 0 aliphatic heterocycles. The van der Waals surface area contributed by atoms with Gasteiger partial charge in [-0.1, -0.05) is 65.3 Å². The maximum atomic E-state index is 12.4. The van der Waals surface area contributed by atoms with Gasteiger partial charge in [0.15, 0.2) is 11.0 Å². The highest BCUT2D eigenvalue weighted by Crippen LogP contribution is 2.26. The minimum Gasteiger partial charge on any atom is -0.325 e. The quantitative estimate of drug-likeness (QED) is 0.431. The van der Waals surface area contributed by atoms with Crippen LogP contribution in [0.2, 0.25) is 5.02 Å². The number of nitrogens with one attached hydrogen (secondary N) is 1. The molecule has 0 spiro atoms. The average molecular weight is 413 g/mol. The Hall–Kier alpha value is -2.57. The number of nitrogens with zero attached hydrogens (tertiary/aromatic N) is 3. The fourth-order valence-electron chi connectivity index (χ4n) is 2.66. The Balaban J connectivity index is 1.73. The lowest BCUT2D eigenvalue weighted by Crippen LogP contribution is -2.15. The molecule has 144 valence electrons. The number of rotatable bonds is 7. The van der Waals surface area contributed by atoms with E-state index >= 15 is 0 Å². The van der Waals surface area contributed by atoms with Crippen LogP contribution in [0.25, 0.3) is 11.4 Å². The Morgan fingerprint density at radius 3 is 2.68 bits per heavy atom. The van der Waals surface area contributed by atoms with Gasteiger partial charge in [0.2, 0.25) is 5.91 Å². The maximum absolute atomic E-state index is 12.4. The molecule has 1 aromatic heterocycles. The lowest BCUT2D eigenvalue weighted by Gasteiger charge is -2.10. The fraction of sp³-hybridized carbons (Fsp3) is 0.190. The van der Waals surface area contributed by atoms with Gasteiger partial charge in [-0.15, -0.1) is 16.8 Å². The number of amides is 1. The number of aryl methyl sites for hydroxylation is 1. The fourth-order valence-corrected chi connectivity index (χ4v) is 3.59. The van der Waals surface area contributed by atoms with Crippen molar-refractivity contribution in [2.24, 2.45) is 0 Å². The van der Waals surface area contributed by atoms with Gasteiger partial charge in [-0.25, -0.2) is 0 Å². The molecule has 3 rings (SSSR count). The van der Waals surface area contributed by atoms with Gasteiger partial charge in [0.25, 0.3) is 0 Å². The summed E-state index contributed by atoms with van der Waals surface area (Å²) in [6.07, 6.45) is 1.79. The van der Waals surface area contributed by atoms with E-state index in [1.165, 1.54) is 17.3 Å². The number of halogens is 1. The second kappa shape index (κ2) is 9.08. The first-order valence-corrected chi connectivity index (χ1v) is 10.1. The molecule has 0 aliphatic rings. The number of carbonyl (C=O) groups excluding carboxylic acids is 1. The molecule has 0 atom stereocenters.